The number of pyridine rings is 2. The molecule has 7 nitrogen and oxygen atoms in total. The molecule has 0 amide bonds. The molecule has 0 aliphatic carbocycles. The first-order valence-corrected chi connectivity index (χ1v) is 13.3. The average Bonchev–Trinajstić information content (AvgIpc) is 3.50. The molecule has 192 valence electrons. The van der Waals surface area contributed by atoms with Gasteiger partial charge in [-0.25, -0.2) is 9.13 Å². The zero-order valence-corrected chi connectivity index (χ0v) is 21.7. The van der Waals surface area contributed by atoms with Crippen molar-refractivity contribution in [2.75, 3.05) is 66.8 Å². The van der Waals surface area contributed by atoms with Crippen LogP contribution >= 0.6 is 0 Å². The van der Waals surface area contributed by atoms with Crippen molar-refractivity contribution < 1.29 is 23.3 Å². The quantitative estimate of drug-likeness (QED) is 0.305. The fraction of sp³-hybridized carbons (Fsp3) is 0.643. The van der Waals surface area contributed by atoms with E-state index in [-0.39, 0.29) is 0 Å². The third-order valence-electron chi connectivity index (χ3n) is 7.30. The number of nitrogens with zero attached hydrogens (tertiary/aromatic N) is 4. The molecule has 2 aliphatic rings. The Morgan fingerprint density at radius 3 is 1.51 bits per heavy atom. The summed E-state index contributed by atoms with van der Waals surface area (Å²) in [5, 5.41) is 0. The molecule has 2 aromatic heterocycles. The minimum atomic E-state index is 0.557. The second kappa shape index (κ2) is 14.0. The number of aromatic nitrogens is 2. The van der Waals surface area contributed by atoms with Gasteiger partial charge in [0.15, 0.2) is 37.9 Å². The molecule has 0 radical (unpaired) electrons. The predicted molar refractivity (Wildman–Crippen MR) is 135 cm³/mol. The molecule has 2 fully saturated rings. The minimum absolute atomic E-state index is 0.557. The van der Waals surface area contributed by atoms with Crippen molar-refractivity contribution in [3.05, 3.63) is 60.2 Å². The largest absolute Gasteiger partial charge is 0.377 e. The Morgan fingerprint density at radius 2 is 1.11 bits per heavy atom. The van der Waals surface area contributed by atoms with Crippen LogP contribution in [0.15, 0.2) is 49.1 Å². The maximum Gasteiger partial charge on any atom is 0.173 e. The Kier molecular flexibility index (Phi) is 10.5. The number of hydrogen-bond donors (Lipinski definition) is 0. The van der Waals surface area contributed by atoms with E-state index >= 15 is 0 Å². The zero-order chi connectivity index (χ0) is 24.3. The van der Waals surface area contributed by atoms with E-state index in [1.165, 1.54) is 49.9 Å². The molecule has 4 heterocycles. The van der Waals surface area contributed by atoms with Crippen molar-refractivity contribution in [3.63, 3.8) is 0 Å². The van der Waals surface area contributed by atoms with E-state index in [0.29, 0.717) is 51.7 Å². The van der Waals surface area contributed by atoms with E-state index in [4.69, 9.17) is 14.2 Å². The van der Waals surface area contributed by atoms with E-state index in [0.717, 1.165) is 13.1 Å². The average molecular weight is 485 g/mol. The molecule has 7 heteroatoms. The highest BCUT2D eigenvalue weighted by Gasteiger charge is 2.25. The summed E-state index contributed by atoms with van der Waals surface area (Å²) < 4.78 is 21.7. The molecule has 0 saturated carbocycles. The van der Waals surface area contributed by atoms with Gasteiger partial charge in [-0.3, -0.25) is 9.80 Å². The van der Waals surface area contributed by atoms with Crippen molar-refractivity contribution >= 4 is 0 Å². The lowest BCUT2D eigenvalue weighted by atomic mass is 10.1. The van der Waals surface area contributed by atoms with Crippen LogP contribution in [-0.4, -0.2) is 76.6 Å². The first-order valence-electron chi connectivity index (χ1n) is 13.3. The van der Waals surface area contributed by atoms with Gasteiger partial charge < -0.3 is 14.2 Å². The van der Waals surface area contributed by atoms with Crippen molar-refractivity contribution in [2.24, 2.45) is 0 Å². The van der Waals surface area contributed by atoms with Gasteiger partial charge in [-0.1, -0.05) is 0 Å². The van der Waals surface area contributed by atoms with Crippen molar-refractivity contribution in [3.8, 4) is 0 Å². The summed E-state index contributed by atoms with van der Waals surface area (Å²) in [6.45, 7) is 7.94. The second-order valence-electron chi connectivity index (χ2n) is 9.86. The van der Waals surface area contributed by atoms with Gasteiger partial charge in [-0.05, 0) is 65.0 Å². The van der Waals surface area contributed by atoms with Crippen LogP contribution < -0.4 is 9.13 Å². The van der Waals surface area contributed by atoms with Crippen LogP contribution in [0.2, 0.25) is 0 Å². The van der Waals surface area contributed by atoms with Gasteiger partial charge in [0, 0.05) is 35.3 Å². The van der Waals surface area contributed by atoms with Gasteiger partial charge in [-0.15, -0.1) is 0 Å². The molecule has 0 unspecified atom stereocenters. The lowest BCUT2D eigenvalue weighted by Gasteiger charge is -2.18. The van der Waals surface area contributed by atoms with Gasteiger partial charge in [0.1, 0.15) is 13.2 Å². The van der Waals surface area contributed by atoms with Crippen LogP contribution in [0, 0.1) is 0 Å². The summed E-state index contributed by atoms with van der Waals surface area (Å²) in [6.07, 6.45) is 13.9. The molecule has 2 saturated heterocycles. The molecule has 2 aliphatic heterocycles. The van der Waals surface area contributed by atoms with Gasteiger partial charge in [0.25, 0.3) is 0 Å². The van der Waals surface area contributed by atoms with Crippen LogP contribution in [0.5, 0.6) is 0 Å². The van der Waals surface area contributed by atoms with E-state index in [1.54, 1.807) is 0 Å². The summed E-state index contributed by atoms with van der Waals surface area (Å²) in [5.74, 6) is 0. The molecule has 4 rings (SSSR count). The lowest BCUT2D eigenvalue weighted by Crippen LogP contribution is -2.36. The third-order valence-corrected chi connectivity index (χ3v) is 7.30. The molecule has 0 spiro atoms. The van der Waals surface area contributed by atoms with E-state index in [2.05, 4.69) is 82.1 Å². The molecule has 0 N–H and O–H groups in total. The van der Waals surface area contributed by atoms with Gasteiger partial charge in [-0.2, -0.15) is 0 Å². The summed E-state index contributed by atoms with van der Waals surface area (Å²) in [5.41, 5.74) is 2.81. The molecular formula is C28H44N4O3+2. The Bertz CT molecular complexity index is 825. The van der Waals surface area contributed by atoms with Crippen LogP contribution in [-0.2, 0) is 27.3 Å². The fourth-order valence-corrected chi connectivity index (χ4v) is 5.30. The fourth-order valence-electron chi connectivity index (χ4n) is 5.30. The number of likely N-dealkylation sites (tertiary alicyclic amines) is 2. The lowest BCUT2D eigenvalue weighted by molar-refractivity contribution is -0.699. The first-order chi connectivity index (χ1) is 17.2. The molecule has 2 atom stereocenters. The van der Waals surface area contributed by atoms with Crippen molar-refractivity contribution in [1.29, 1.82) is 0 Å². The minimum Gasteiger partial charge on any atom is -0.377 e. The Balaban J connectivity index is 1.01. The monoisotopic (exact) mass is 484 g/mol. The van der Waals surface area contributed by atoms with Gasteiger partial charge in [0.05, 0.1) is 26.4 Å². The Labute approximate surface area is 211 Å². The van der Waals surface area contributed by atoms with Crippen molar-refractivity contribution in [1.82, 2.24) is 9.80 Å². The molecule has 0 aromatic carbocycles. The first kappa shape index (κ1) is 26.2. The highest BCUT2D eigenvalue weighted by atomic mass is 16.5. The highest BCUT2D eigenvalue weighted by Crippen LogP contribution is 2.30. The molecule has 0 bridgehead atoms. The molecule has 35 heavy (non-hydrogen) atoms. The maximum absolute atomic E-state index is 5.77. The topological polar surface area (TPSA) is 41.9 Å². The van der Waals surface area contributed by atoms with Crippen LogP contribution in [0.25, 0.3) is 0 Å². The van der Waals surface area contributed by atoms with Crippen LogP contribution in [0.3, 0.4) is 0 Å². The zero-order valence-electron chi connectivity index (χ0n) is 21.7. The van der Waals surface area contributed by atoms with Gasteiger partial charge in [0.2, 0.25) is 0 Å². The maximum atomic E-state index is 5.77. The summed E-state index contributed by atoms with van der Waals surface area (Å²) in [6, 6.07) is 9.89. The van der Waals surface area contributed by atoms with Crippen LogP contribution in [0.4, 0.5) is 0 Å². The standard InChI is InChI=1S/C28H44N4O3/c1-29-11-5-9-27(29)25-7-3-13-31(23-25)15-17-33-19-21-35-22-20-34-18-16-32-14-4-8-26(24-32)28-10-6-12-30(28)2/h3-4,7-8,13-14,23-24,27-28H,5-6,9-12,15-22H2,1-2H3/q+2/t27-,28-/m0/s1. The second-order valence-corrected chi connectivity index (χ2v) is 9.86. The predicted octanol–water partition coefficient (Wildman–Crippen LogP) is 2.55. The SMILES string of the molecule is CN1CCC[C@H]1c1ccc[n+](CCOCCOCCOCC[n+]2cccc([C@@H]3CCCN3C)c2)c1. The van der Waals surface area contributed by atoms with E-state index in [1.807, 2.05) is 0 Å². The highest BCUT2D eigenvalue weighted by molar-refractivity contribution is 5.13. The summed E-state index contributed by atoms with van der Waals surface area (Å²) in [7, 11) is 4.44. The number of hydrogen-bond acceptors (Lipinski definition) is 5. The Hall–Kier alpha value is -1.90. The van der Waals surface area contributed by atoms with Crippen molar-refractivity contribution in [2.45, 2.75) is 50.9 Å². The normalized spacial score (nSPS) is 21.2. The molecular weight excluding hydrogens is 440 g/mol. The van der Waals surface area contributed by atoms with E-state index in [9.17, 15) is 0 Å². The van der Waals surface area contributed by atoms with E-state index < -0.39 is 0 Å². The van der Waals surface area contributed by atoms with Crippen LogP contribution in [0.1, 0.15) is 48.9 Å². The molecule has 2 aromatic rings. The summed E-state index contributed by atoms with van der Waals surface area (Å²) >= 11 is 0. The smallest absolute Gasteiger partial charge is 0.173 e. The summed E-state index contributed by atoms with van der Waals surface area (Å²) in [4.78, 5) is 4.90. The van der Waals surface area contributed by atoms with Gasteiger partial charge >= 0.3 is 0 Å². The number of rotatable bonds is 14. The third kappa shape index (κ3) is 8.05. The Morgan fingerprint density at radius 1 is 0.686 bits per heavy atom. The number of ether oxygens (including phenoxy) is 3.